The fourth-order valence-electron chi connectivity index (χ4n) is 1.48. The predicted molar refractivity (Wildman–Crippen MR) is 60.6 cm³/mol. The van der Waals surface area contributed by atoms with Crippen LogP contribution in [0.3, 0.4) is 0 Å². The van der Waals surface area contributed by atoms with E-state index in [2.05, 4.69) is 4.98 Å². The third-order valence-electron chi connectivity index (χ3n) is 2.30. The molecule has 0 spiro atoms. The third kappa shape index (κ3) is 1.84. The van der Waals surface area contributed by atoms with Crippen molar-refractivity contribution in [1.29, 1.82) is 0 Å². The highest BCUT2D eigenvalue weighted by Gasteiger charge is 2.15. The second kappa shape index (κ2) is 4.07. The second-order valence-electron chi connectivity index (χ2n) is 3.42. The molecule has 0 radical (unpaired) electrons. The van der Waals surface area contributed by atoms with Crippen LogP contribution in [0.5, 0.6) is 5.75 Å². The molecule has 84 valence electrons. The van der Waals surface area contributed by atoms with E-state index >= 15 is 0 Å². The quantitative estimate of drug-likeness (QED) is 0.740. The van der Waals surface area contributed by atoms with E-state index in [1.54, 1.807) is 11.6 Å². The summed E-state index contributed by atoms with van der Waals surface area (Å²) < 4.78 is 0.789. The van der Waals surface area contributed by atoms with Crippen LogP contribution in [0.4, 0.5) is 0 Å². The lowest BCUT2D eigenvalue weighted by Crippen LogP contribution is -2.32. The Kier molecular flexibility index (Phi) is 2.76. The number of thiazole rings is 1. The van der Waals surface area contributed by atoms with Crippen LogP contribution in [-0.2, 0) is 11.2 Å². The molecule has 16 heavy (non-hydrogen) atoms. The average Bonchev–Trinajstić information content (AvgIpc) is 2.71. The molecule has 6 heteroatoms. The molecule has 0 aliphatic rings. The first-order valence-electron chi connectivity index (χ1n) is 4.62. The van der Waals surface area contributed by atoms with E-state index in [1.807, 2.05) is 0 Å². The smallest absolute Gasteiger partial charge is 0.320 e. The Balaban J connectivity index is 2.42. The summed E-state index contributed by atoms with van der Waals surface area (Å²) in [5.74, 6) is -0.936. The van der Waals surface area contributed by atoms with Gasteiger partial charge in [0.25, 0.3) is 0 Å². The molecule has 2 aromatic rings. The van der Waals surface area contributed by atoms with Crippen LogP contribution >= 0.6 is 11.3 Å². The molecular weight excluding hydrogens is 228 g/mol. The first-order chi connectivity index (χ1) is 7.59. The Morgan fingerprint density at radius 3 is 3.00 bits per heavy atom. The van der Waals surface area contributed by atoms with Crippen LogP contribution in [0.2, 0.25) is 0 Å². The van der Waals surface area contributed by atoms with Crippen molar-refractivity contribution in [1.82, 2.24) is 4.98 Å². The number of fused-ring (bicyclic) bond motifs is 1. The van der Waals surface area contributed by atoms with Crippen LogP contribution in [0, 0.1) is 0 Å². The van der Waals surface area contributed by atoms with Gasteiger partial charge in [-0.1, -0.05) is 6.07 Å². The molecule has 0 bridgehead atoms. The molecule has 1 heterocycles. The summed E-state index contributed by atoms with van der Waals surface area (Å²) in [4.78, 5) is 14.7. The number of benzene rings is 1. The van der Waals surface area contributed by atoms with Gasteiger partial charge < -0.3 is 15.9 Å². The van der Waals surface area contributed by atoms with E-state index in [-0.39, 0.29) is 12.2 Å². The second-order valence-corrected chi connectivity index (χ2v) is 4.28. The Bertz CT molecular complexity index is 538. The van der Waals surface area contributed by atoms with Gasteiger partial charge >= 0.3 is 5.97 Å². The van der Waals surface area contributed by atoms with Crippen molar-refractivity contribution in [3.8, 4) is 5.75 Å². The van der Waals surface area contributed by atoms with Crippen LogP contribution in [0.25, 0.3) is 10.2 Å². The van der Waals surface area contributed by atoms with Crippen molar-refractivity contribution < 1.29 is 15.0 Å². The van der Waals surface area contributed by atoms with Gasteiger partial charge in [0.1, 0.15) is 17.3 Å². The number of aromatic hydroxyl groups is 1. The number of nitrogens with two attached hydrogens (primary N) is 1. The van der Waals surface area contributed by atoms with Gasteiger partial charge in [0.15, 0.2) is 0 Å². The van der Waals surface area contributed by atoms with E-state index in [0.29, 0.717) is 5.52 Å². The summed E-state index contributed by atoms with van der Waals surface area (Å²) in [5, 5.41) is 18.3. The lowest BCUT2D eigenvalue weighted by atomic mass is 10.1. The fraction of sp³-hybridized carbons (Fsp3) is 0.200. The Hall–Kier alpha value is -1.66. The van der Waals surface area contributed by atoms with Crippen LogP contribution in [0.1, 0.15) is 5.56 Å². The van der Waals surface area contributed by atoms with Crippen LogP contribution < -0.4 is 5.73 Å². The fourth-order valence-corrected chi connectivity index (χ4v) is 2.31. The lowest BCUT2D eigenvalue weighted by Gasteiger charge is -2.07. The van der Waals surface area contributed by atoms with Gasteiger partial charge in [-0.15, -0.1) is 11.3 Å². The van der Waals surface area contributed by atoms with Gasteiger partial charge in [0.05, 0.1) is 10.2 Å². The van der Waals surface area contributed by atoms with Gasteiger partial charge in [-0.05, 0) is 18.1 Å². The van der Waals surface area contributed by atoms with Crippen LogP contribution in [-0.4, -0.2) is 27.2 Å². The number of rotatable bonds is 3. The molecule has 1 aromatic heterocycles. The summed E-state index contributed by atoms with van der Waals surface area (Å²) in [5.41, 5.74) is 8.38. The van der Waals surface area contributed by atoms with Crippen molar-refractivity contribution in [2.24, 2.45) is 5.73 Å². The average molecular weight is 238 g/mol. The molecule has 0 aliphatic carbocycles. The number of carbonyl (C=O) groups is 1. The van der Waals surface area contributed by atoms with Gasteiger partial charge in [-0.25, -0.2) is 4.98 Å². The molecule has 1 aromatic carbocycles. The molecule has 4 N–H and O–H groups in total. The first-order valence-corrected chi connectivity index (χ1v) is 5.50. The van der Waals surface area contributed by atoms with E-state index in [1.165, 1.54) is 17.4 Å². The zero-order valence-corrected chi connectivity index (χ0v) is 9.07. The Morgan fingerprint density at radius 2 is 2.31 bits per heavy atom. The minimum absolute atomic E-state index is 0.101. The molecular formula is C10H10N2O3S. The SMILES string of the molecule is NC(Cc1ccc(O)c2ncsc12)C(=O)O. The number of hydrogen-bond donors (Lipinski definition) is 3. The number of hydrogen-bond acceptors (Lipinski definition) is 5. The molecule has 0 saturated heterocycles. The molecule has 1 atom stereocenters. The van der Waals surface area contributed by atoms with Gasteiger partial charge in [-0.2, -0.15) is 0 Å². The number of carboxylic acids is 1. The maximum Gasteiger partial charge on any atom is 0.320 e. The monoisotopic (exact) mass is 238 g/mol. The predicted octanol–water partition coefficient (Wildman–Crippen LogP) is 0.956. The highest BCUT2D eigenvalue weighted by Crippen LogP contribution is 2.30. The Morgan fingerprint density at radius 1 is 1.56 bits per heavy atom. The molecule has 0 fully saturated rings. The van der Waals surface area contributed by atoms with Gasteiger partial charge in [-0.3, -0.25) is 4.79 Å². The molecule has 0 amide bonds. The van der Waals surface area contributed by atoms with E-state index in [0.717, 1.165) is 10.3 Å². The van der Waals surface area contributed by atoms with E-state index < -0.39 is 12.0 Å². The number of phenols is 1. The normalized spacial score (nSPS) is 12.8. The lowest BCUT2D eigenvalue weighted by molar-refractivity contribution is -0.138. The summed E-state index contributed by atoms with van der Waals surface area (Å²) >= 11 is 1.36. The van der Waals surface area contributed by atoms with Crippen LogP contribution in [0.15, 0.2) is 17.6 Å². The third-order valence-corrected chi connectivity index (χ3v) is 3.20. The summed E-state index contributed by atoms with van der Waals surface area (Å²) in [7, 11) is 0. The molecule has 0 aliphatic heterocycles. The van der Waals surface area contributed by atoms with Gasteiger partial charge in [0.2, 0.25) is 0 Å². The summed E-state index contributed by atoms with van der Waals surface area (Å²) in [6.45, 7) is 0. The molecule has 0 saturated carbocycles. The maximum absolute atomic E-state index is 10.7. The highest BCUT2D eigenvalue weighted by atomic mass is 32.1. The zero-order chi connectivity index (χ0) is 11.7. The van der Waals surface area contributed by atoms with Crippen molar-refractivity contribution >= 4 is 27.5 Å². The van der Waals surface area contributed by atoms with Gasteiger partial charge in [0, 0.05) is 0 Å². The minimum Gasteiger partial charge on any atom is -0.506 e. The minimum atomic E-state index is -1.04. The topological polar surface area (TPSA) is 96.4 Å². The standard InChI is InChI=1S/C10H10N2O3S/c11-6(10(14)15)3-5-1-2-7(13)8-9(5)16-4-12-8/h1-2,4,6,13H,3,11H2,(H,14,15). The number of aromatic nitrogens is 1. The summed E-state index contributed by atoms with van der Waals surface area (Å²) in [6, 6.07) is 2.25. The van der Waals surface area contributed by atoms with E-state index in [9.17, 15) is 9.90 Å². The first kappa shape index (κ1) is 10.8. The maximum atomic E-state index is 10.7. The number of aliphatic carboxylic acids is 1. The Labute approximate surface area is 95.2 Å². The largest absolute Gasteiger partial charge is 0.506 e. The van der Waals surface area contributed by atoms with E-state index in [4.69, 9.17) is 10.8 Å². The van der Waals surface area contributed by atoms with Crippen molar-refractivity contribution in [3.63, 3.8) is 0 Å². The molecule has 2 rings (SSSR count). The molecule has 1 unspecified atom stereocenters. The zero-order valence-electron chi connectivity index (χ0n) is 8.25. The van der Waals surface area contributed by atoms with Crippen molar-refractivity contribution in [2.45, 2.75) is 12.5 Å². The summed E-state index contributed by atoms with van der Waals surface area (Å²) in [6.07, 6.45) is 0.230. The number of phenolic OH excluding ortho intramolecular Hbond substituents is 1. The highest BCUT2D eigenvalue weighted by molar-refractivity contribution is 7.17. The van der Waals surface area contributed by atoms with Crippen molar-refractivity contribution in [3.05, 3.63) is 23.2 Å². The van der Waals surface area contributed by atoms with Crippen molar-refractivity contribution in [2.75, 3.05) is 0 Å². The number of carboxylic acid groups (broad SMARTS) is 1. The number of nitrogens with zero attached hydrogens (tertiary/aromatic N) is 1. The molecule has 5 nitrogen and oxygen atoms in total.